The van der Waals surface area contributed by atoms with Crippen LogP contribution in [0.4, 0.5) is 13.2 Å². The molecule has 1 aliphatic rings. The van der Waals surface area contributed by atoms with E-state index >= 15 is 0 Å². The molecule has 3 nitrogen and oxygen atoms in total. The zero-order valence-corrected chi connectivity index (χ0v) is 16.1. The Morgan fingerprint density at radius 2 is 1.83 bits per heavy atom. The number of hydrogen-bond donors (Lipinski definition) is 1. The molecule has 0 saturated carbocycles. The highest BCUT2D eigenvalue weighted by molar-refractivity contribution is 9.10. The van der Waals surface area contributed by atoms with Gasteiger partial charge in [-0.15, -0.1) is 25.6 Å². The van der Waals surface area contributed by atoms with Gasteiger partial charge in [0.15, 0.2) is 0 Å². The van der Waals surface area contributed by atoms with Crippen LogP contribution in [-0.2, 0) is 0 Å². The second-order valence-electron chi connectivity index (χ2n) is 6.20. The van der Waals surface area contributed by atoms with Crippen LogP contribution in [0.1, 0.15) is 31.9 Å². The van der Waals surface area contributed by atoms with E-state index in [4.69, 9.17) is 0 Å². The van der Waals surface area contributed by atoms with Crippen molar-refractivity contribution in [2.75, 3.05) is 26.2 Å². The van der Waals surface area contributed by atoms with Gasteiger partial charge < -0.3 is 10.1 Å². The minimum Gasteiger partial charge on any atom is -0.406 e. The molecule has 0 bridgehead atoms. The number of hydrogen-bond acceptors (Lipinski definition) is 3. The molecule has 1 atom stereocenters. The predicted octanol–water partition coefficient (Wildman–Crippen LogP) is 4.76. The summed E-state index contributed by atoms with van der Waals surface area (Å²) in [6.45, 7) is 7.82. The second kappa shape index (κ2) is 9.27. The predicted molar refractivity (Wildman–Crippen MR) is 94.7 cm³/mol. The van der Waals surface area contributed by atoms with Crippen molar-refractivity contribution in [3.63, 3.8) is 0 Å². The fourth-order valence-electron chi connectivity index (χ4n) is 2.91. The van der Waals surface area contributed by atoms with E-state index in [-0.39, 0.29) is 24.2 Å². The van der Waals surface area contributed by atoms with Crippen LogP contribution in [0.2, 0.25) is 0 Å². The van der Waals surface area contributed by atoms with Crippen molar-refractivity contribution in [1.29, 1.82) is 0 Å². The van der Waals surface area contributed by atoms with Gasteiger partial charge >= 0.3 is 6.36 Å². The molecule has 2 rings (SSSR count). The minimum atomic E-state index is -4.68. The maximum Gasteiger partial charge on any atom is 0.573 e. The molecule has 138 valence electrons. The summed E-state index contributed by atoms with van der Waals surface area (Å²) in [4.78, 5) is 2.33. The number of alkyl halides is 3. The summed E-state index contributed by atoms with van der Waals surface area (Å²) in [5.41, 5.74) is 0.856. The molecule has 1 aromatic carbocycles. The molecule has 8 heteroatoms. The maximum absolute atomic E-state index is 12.5. The highest BCUT2D eigenvalue weighted by Gasteiger charge is 2.32. The highest BCUT2D eigenvalue weighted by atomic mass is 79.9. The van der Waals surface area contributed by atoms with E-state index in [1.807, 2.05) is 6.07 Å². The molecule has 1 aliphatic heterocycles. The van der Waals surface area contributed by atoms with Gasteiger partial charge in [-0.1, -0.05) is 29.8 Å². The second-order valence-corrected chi connectivity index (χ2v) is 7.12. The van der Waals surface area contributed by atoms with Gasteiger partial charge in [0.05, 0.1) is 0 Å². The van der Waals surface area contributed by atoms with Gasteiger partial charge in [0.1, 0.15) is 5.75 Å². The number of ether oxygens (including phenoxy) is 1. The van der Waals surface area contributed by atoms with E-state index in [9.17, 15) is 13.2 Å². The summed E-state index contributed by atoms with van der Waals surface area (Å²) in [7, 11) is 0. The molecule has 1 heterocycles. The lowest BCUT2D eigenvalue weighted by atomic mass is 9.95. The Labute approximate surface area is 155 Å². The number of rotatable bonds is 5. The van der Waals surface area contributed by atoms with Crippen LogP contribution >= 0.6 is 28.3 Å². The number of nitrogens with zero attached hydrogens (tertiary/aromatic N) is 1. The lowest BCUT2D eigenvalue weighted by Gasteiger charge is -2.36. The fourth-order valence-corrected chi connectivity index (χ4v) is 3.40. The van der Waals surface area contributed by atoms with E-state index in [1.54, 1.807) is 0 Å². The first kappa shape index (κ1) is 21.5. The van der Waals surface area contributed by atoms with Gasteiger partial charge in [-0.3, -0.25) is 4.90 Å². The van der Waals surface area contributed by atoms with Crippen molar-refractivity contribution in [3.05, 3.63) is 28.2 Å². The largest absolute Gasteiger partial charge is 0.573 e. The number of nitrogens with one attached hydrogen (secondary N) is 1. The molecule has 1 saturated heterocycles. The summed E-state index contributed by atoms with van der Waals surface area (Å²) in [5.74, 6) is 0.270. The minimum absolute atomic E-state index is 0. The Bertz CT molecular complexity index is 523. The highest BCUT2D eigenvalue weighted by Crippen LogP contribution is 2.34. The van der Waals surface area contributed by atoms with E-state index in [0.29, 0.717) is 10.4 Å². The van der Waals surface area contributed by atoms with Gasteiger partial charge in [0.2, 0.25) is 0 Å². The first-order chi connectivity index (χ1) is 10.7. The zero-order chi connectivity index (χ0) is 17.0. The van der Waals surface area contributed by atoms with E-state index in [0.717, 1.165) is 38.2 Å². The van der Waals surface area contributed by atoms with Gasteiger partial charge in [0, 0.05) is 36.7 Å². The molecule has 1 aromatic rings. The quantitative estimate of drug-likeness (QED) is 0.727. The SMILES string of the molecule is CC(C)C[C@H](c1cc(Br)cc(OC(F)(F)F)c1)N1CCNCC1.Cl. The monoisotopic (exact) mass is 430 g/mol. The molecule has 1 N–H and O–H groups in total. The topological polar surface area (TPSA) is 24.5 Å². The van der Waals surface area contributed by atoms with Crippen LogP contribution in [0.15, 0.2) is 22.7 Å². The summed E-state index contributed by atoms with van der Waals surface area (Å²) >= 11 is 3.30. The zero-order valence-electron chi connectivity index (χ0n) is 13.7. The number of halogens is 5. The summed E-state index contributed by atoms with van der Waals surface area (Å²) in [5, 5.41) is 3.30. The van der Waals surface area contributed by atoms with Crippen LogP contribution in [0, 0.1) is 5.92 Å². The van der Waals surface area contributed by atoms with Crippen LogP contribution < -0.4 is 10.1 Å². The van der Waals surface area contributed by atoms with Crippen LogP contribution in [0.3, 0.4) is 0 Å². The molecule has 0 spiro atoms. The summed E-state index contributed by atoms with van der Waals surface area (Å²) < 4.78 is 42.2. The van der Waals surface area contributed by atoms with Crippen LogP contribution in [0.5, 0.6) is 5.75 Å². The van der Waals surface area contributed by atoms with E-state index < -0.39 is 6.36 Å². The fraction of sp³-hybridized carbons (Fsp3) is 0.625. The Morgan fingerprint density at radius 1 is 1.21 bits per heavy atom. The molecular weight excluding hydrogens is 409 g/mol. The van der Waals surface area contributed by atoms with Crippen LogP contribution in [0.25, 0.3) is 0 Å². The van der Waals surface area contributed by atoms with Crippen molar-refractivity contribution in [2.24, 2.45) is 5.92 Å². The van der Waals surface area contributed by atoms with Crippen LogP contribution in [-0.4, -0.2) is 37.4 Å². The van der Waals surface area contributed by atoms with Crippen molar-refractivity contribution in [2.45, 2.75) is 32.7 Å². The smallest absolute Gasteiger partial charge is 0.406 e. The Kier molecular flexibility index (Phi) is 8.32. The Balaban J connectivity index is 0.00000288. The maximum atomic E-state index is 12.5. The Morgan fingerprint density at radius 3 is 2.38 bits per heavy atom. The lowest BCUT2D eigenvalue weighted by molar-refractivity contribution is -0.274. The van der Waals surface area contributed by atoms with Gasteiger partial charge in [-0.2, -0.15) is 0 Å². The molecular formula is C16H23BrClF3N2O. The average Bonchev–Trinajstić information content (AvgIpc) is 2.43. The van der Waals surface area contributed by atoms with Crippen molar-refractivity contribution in [3.8, 4) is 5.75 Å². The number of piperazine rings is 1. The summed E-state index contributed by atoms with van der Waals surface area (Å²) in [6, 6.07) is 4.83. The molecule has 0 unspecified atom stereocenters. The molecule has 0 aliphatic carbocycles. The molecule has 0 aromatic heterocycles. The third-order valence-electron chi connectivity index (χ3n) is 3.80. The average molecular weight is 432 g/mol. The molecule has 0 radical (unpaired) electrons. The third-order valence-corrected chi connectivity index (χ3v) is 4.26. The van der Waals surface area contributed by atoms with Gasteiger partial charge in [-0.05, 0) is 36.1 Å². The first-order valence-electron chi connectivity index (χ1n) is 7.75. The molecule has 0 amide bonds. The van der Waals surface area contributed by atoms with Crippen molar-refractivity contribution >= 4 is 28.3 Å². The van der Waals surface area contributed by atoms with Gasteiger partial charge in [-0.25, -0.2) is 0 Å². The summed E-state index contributed by atoms with van der Waals surface area (Å²) in [6.07, 6.45) is -3.79. The standard InChI is InChI=1S/C16H22BrF3N2O.ClH/c1-11(2)7-15(22-5-3-21-4-6-22)12-8-13(17)10-14(9-12)23-16(18,19)20;/h8-11,15,21H,3-7H2,1-2H3;1H/t15-;/m1./s1. The van der Waals surface area contributed by atoms with Crippen molar-refractivity contribution < 1.29 is 17.9 Å². The van der Waals surface area contributed by atoms with E-state index in [2.05, 4.69) is 44.7 Å². The number of benzene rings is 1. The van der Waals surface area contributed by atoms with E-state index in [1.165, 1.54) is 12.1 Å². The molecule has 24 heavy (non-hydrogen) atoms. The Hall–Kier alpha value is -0.500. The normalized spacial score (nSPS) is 17.5. The van der Waals surface area contributed by atoms with Gasteiger partial charge in [0.25, 0.3) is 0 Å². The third kappa shape index (κ3) is 6.78. The lowest BCUT2D eigenvalue weighted by Crippen LogP contribution is -2.45. The first-order valence-corrected chi connectivity index (χ1v) is 8.55. The molecule has 1 fully saturated rings. The van der Waals surface area contributed by atoms with Crippen molar-refractivity contribution in [1.82, 2.24) is 10.2 Å².